The van der Waals surface area contributed by atoms with E-state index in [1.54, 1.807) is 6.07 Å². The van der Waals surface area contributed by atoms with Crippen LogP contribution in [-0.2, 0) is 0 Å². The Kier molecular flexibility index (Phi) is 3.19. The molecule has 1 atom stereocenters. The van der Waals surface area contributed by atoms with Crippen molar-refractivity contribution < 1.29 is 4.39 Å². The van der Waals surface area contributed by atoms with E-state index in [1.807, 2.05) is 6.07 Å². The quantitative estimate of drug-likeness (QED) is 0.444. The molecule has 0 nitrogen and oxygen atoms in total. The van der Waals surface area contributed by atoms with E-state index >= 15 is 0 Å². The maximum atomic E-state index is 12.9. The maximum absolute atomic E-state index is 12.9. The lowest BCUT2D eigenvalue weighted by molar-refractivity contribution is 0.627. The molecule has 1 heteroatoms. The molecule has 0 radical (unpaired) electrons. The lowest BCUT2D eigenvalue weighted by Gasteiger charge is -2.08. The normalized spacial score (nSPS) is 19.4. The molecule has 0 aromatic heterocycles. The van der Waals surface area contributed by atoms with Crippen LogP contribution in [0.5, 0.6) is 0 Å². The number of benzene rings is 1. The van der Waals surface area contributed by atoms with Crippen LogP contribution < -0.4 is 0 Å². The standard InChI is InChI=1S/C14H13F/c15-14-8-4-7-13(11-14)10-9-12-5-2-1-3-6-12/h2,4-5,7-8,11-12H,1,3,6H2/t12-/m1/s1. The number of allylic oxidation sites excluding steroid dienone is 2. The van der Waals surface area contributed by atoms with Gasteiger partial charge < -0.3 is 0 Å². The molecule has 76 valence electrons. The first-order chi connectivity index (χ1) is 7.34. The van der Waals surface area contributed by atoms with Crippen molar-refractivity contribution in [1.29, 1.82) is 0 Å². The molecule has 0 unspecified atom stereocenters. The molecule has 0 amide bonds. The first-order valence-corrected chi connectivity index (χ1v) is 5.28. The number of halogens is 1. The second-order valence-electron chi connectivity index (χ2n) is 3.75. The highest BCUT2D eigenvalue weighted by Crippen LogP contribution is 2.16. The molecule has 0 N–H and O–H groups in total. The molecule has 0 aliphatic heterocycles. The first kappa shape index (κ1) is 9.98. The van der Waals surface area contributed by atoms with E-state index < -0.39 is 0 Å². The molecule has 0 spiro atoms. The number of rotatable bonds is 0. The van der Waals surface area contributed by atoms with Gasteiger partial charge in [0.15, 0.2) is 0 Å². The Morgan fingerprint density at radius 3 is 3.00 bits per heavy atom. The van der Waals surface area contributed by atoms with Crippen molar-refractivity contribution in [1.82, 2.24) is 0 Å². The van der Waals surface area contributed by atoms with E-state index in [0.29, 0.717) is 5.92 Å². The van der Waals surface area contributed by atoms with E-state index in [1.165, 1.54) is 18.6 Å². The third kappa shape index (κ3) is 2.95. The molecular formula is C14H13F. The van der Waals surface area contributed by atoms with Gasteiger partial charge in [-0.1, -0.05) is 30.1 Å². The molecule has 15 heavy (non-hydrogen) atoms. The largest absolute Gasteiger partial charge is 0.207 e. The molecule has 0 fully saturated rings. The molecule has 1 aliphatic carbocycles. The van der Waals surface area contributed by atoms with Gasteiger partial charge in [0.25, 0.3) is 0 Å². The summed E-state index contributed by atoms with van der Waals surface area (Å²) in [6, 6.07) is 6.43. The summed E-state index contributed by atoms with van der Waals surface area (Å²) in [6.07, 6.45) is 7.82. The molecule has 0 heterocycles. The van der Waals surface area contributed by atoms with Gasteiger partial charge in [-0.15, -0.1) is 0 Å². The molecule has 0 bridgehead atoms. The van der Waals surface area contributed by atoms with Crippen LogP contribution in [0.4, 0.5) is 4.39 Å². The van der Waals surface area contributed by atoms with Crippen molar-refractivity contribution in [3.8, 4) is 11.8 Å². The maximum Gasteiger partial charge on any atom is 0.124 e. The van der Waals surface area contributed by atoms with Gasteiger partial charge in [0.05, 0.1) is 0 Å². The highest BCUT2D eigenvalue weighted by Gasteiger charge is 2.03. The van der Waals surface area contributed by atoms with Gasteiger partial charge in [0.1, 0.15) is 5.82 Å². The van der Waals surface area contributed by atoms with E-state index in [-0.39, 0.29) is 5.82 Å². The van der Waals surface area contributed by atoms with Crippen LogP contribution in [0.2, 0.25) is 0 Å². The zero-order chi connectivity index (χ0) is 10.5. The second-order valence-corrected chi connectivity index (χ2v) is 3.75. The van der Waals surface area contributed by atoms with E-state index in [2.05, 4.69) is 24.0 Å². The number of hydrogen-bond acceptors (Lipinski definition) is 0. The monoisotopic (exact) mass is 200 g/mol. The summed E-state index contributed by atoms with van der Waals surface area (Å²) >= 11 is 0. The van der Waals surface area contributed by atoms with Crippen LogP contribution in [-0.4, -0.2) is 0 Å². The SMILES string of the molecule is Fc1cccc(C#C[C@@H]2C=CCCC2)c1. The van der Waals surface area contributed by atoms with Crippen LogP contribution in [0.25, 0.3) is 0 Å². The topological polar surface area (TPSA) is 0 Å². The minimum absolute atomic E-state index is 0.221. The third-order valence-corrected chi connectivity index (χ3v) is 2.48. The fraction of sp³-hybridized carbons (Fsp3) is 0.286. The first-order valence-electron chi connectivity index (χ1n) is 5.28. The smallest absolute Gasteiger partial charge is 0.124 e. The molecule has 0 saturated heterocycles. The van der Waals surface area contributed by atoms with Gasteiger partial charge in [-0.2, -0.15) is 0 Å². The summed E-state index contributed by atoms with van der Waals surface area (Å²) in [4.78, 5) is 0. The molecule has 0 saturated carbocycles. The van der Waals surface area contributed by atoms with E-state index in [9.17, 15) is 4.39 Å². The van der Waals surface area contributed by atoms with Gasteiger partial charge in [-0.25, -0.2) is 4.39 Å². The van der Waals surface area contributed by atoms with Crippen LogP contribution in [0.1, 0.15) is 24.8 Å². The zero-order valence-corrected chi connectivity index (χ0v) is 8.54. The third-order valence-electron chi connectivity index (χ3n) is 2.48. The summed E-state index contributed by atoms with van der Waals surface area (Å²) in [5.41, 5.74) is 0.758. The Bertz CT molecular complexity index is 420. The van der Waals surface area contributed by atoms with Gasteiger partial charge in [-0.3, -0.25) is 0 Å². The van der Waals surface area contributed by atoms with Crippen LogP contribution >= 0.6 is 0 Å². The minimum atomic E-state index is -0.221. The highest BCUT2D eigenvalue weighted by atomic mass is 19.1. The van der Waals surface area contributed by atoms with E-state index in [0.717, 1.165) is 18.4 Å². The van der Waals surface area contributed by atoms with Crippen molar-refractivity contribution in [2.75, 3.05) is 0 Å². The summed E-state index contributed by atoms with van der Waals surface area (Å²) < 4.78 is 12.9. The molecular weight excluding hydrogens is 187 g/mol. The lowest BCUT2D eigenvalue weighted by atomic mass is 9.96. The van der Waals surface area contributed by atoms with Crippen LogP contribution in [0.3, 0.4) is 0 Å². The molecule has 1 aromatic rings. The Balaban J connectivity index is 2.10. The fourth-order valence-electron chi connectivity index (χ4n) is 1.67. The van der Waals surface area contributed by atoms with Crippen molar-refractivity contribution in [2.24, 2.45) is 5.92 Å². The van der Waals surface area contributed by atoms with Crippen molar-refractivity contribution in [2.45, 2.75) is 19.3 Å². The minimum Gasteiger partial charge on any atom is -0.207 e. The second kappa shape index (κ2) is 4.79. The summed E-state index contributed by atoms with van der Waals surface area (Å²) in [5, 5.41) is 0. The average Bonchev–Trinajstić information content (AvgIpc) is 2.28. The highest BCUT2D eigenvalue weighted by molar-refractivity contribution is 5.35. The van der Waals surface area contributed by atoms with Gasteiger partial charge in [-0.05, 0) is 37.5 Å². The Morgan fingerprint density at radius 2 is 2.27 bits per heavy atom. The van der Waals surface area contributed by atoms with Crippen molar-refractivity contribution in [3.63, 3.8) is 0 Å². The Hall–Kier alpha value is -1.55. The van der Waals surface area contributed by atoms with E-state index in [4.69, 9.17) is 0 Å². The Morgan fingerprint density at radius 1 is 1.33 bits per heavy atom. The summed E-state index contributed by atoms with van der Waals surface area (Å²) in [5.74, 6) is 6.30. The lowest BCUT2D eigenvalue weighted by Crippen LogP contribution is -1.96. The van der Waals surface area contributed by atoms with Crippen LogP contribution in [0, 0.1) is 23.6 Å². The molecule has 1 aromatic carbocycles. The average molecular weight is 200 g/mol. The number of hydrogen-bond donors (Lipinski definition) is 0. The van der Waals surface area contributed by atoms with Crippen molar-refractivity contribution >= 4 is 0 Å². The predicted molar refractivity (Wildman–Crippen MR) is 59.8 cm³/mol. The molecule has 2 rings (SSSR count). The molecule has 1 aliphatic rings. The van der Waals surface area contributed by atoms with Gasteiger partial charge in [0, 0.05) is 11.5 Å². The summed E-state index contributed by atoms with van der Waals surface area (Å²) in [7, 11) is 0. The zero-order valence-electron chi connectivity index (χ0n) is 8.54. The predicted octanol–water partition coefficient (Wildman–Crippen LogP) is 3.53. The van der Waals surface area contributed by atoms with Gasteiger partial charge in [0.2, 0.25) is 0 Å². The fourth-order valence-corrected chi connectivity index (χ4v) is 1.67. The van der Waals surface area contributed by atoms with Crippen molar-refractivity contribution in [3.05, 3.63) is 47.8 Å². The summed E-state index contributed by atoms with van der Waals surface area (Å²) in [6.45, 7) is 0. The van der Waals surface area contributed by atoms with Crippen LogP contribution in [0.15, 0.2) is 36.4 Å². The Labute approximate surface area is 89.8 Å². The van der Waals surface area contributed by atoms with Gasteiger partial charge >= 0.3 is 0 Å².